The molecule has 3 heterocycles. The van der Waals surface area contributed by atoms with Crippen molar-refractivity contribution < 1.29 is 20.1 Å². The summed E-state index contributed by atoms with van der Waals surface area (Å²) in [4.78, 5) is 11.2. The minimum Gasteiger partial charge on any atom is -0.305 e. The van der Waals surface area contributed by atoms with Crippen LogP contribution in [0.5, 0.6) is 0 Å². The van der Waals surface area contributed by atoms with Gasteiger partial charge in [-0.1, -0.05) is 82.8 Å². The van der Waals surface area contributed by atoms with Gasteiger partial charge in [-0.3, -0.25) is 0 Å². The summed E-state index contributed by atoms with van der Waals surface area (Å²) in [6.07, 6.45) is 3.61. The van der Waals surface area contributed by atoms with Gasteiger partial charge in [-0.15, -0.1) is 71.4 Å². The van der Waals surface area contributed by atoms with Crippen molar-refractivity contribution in [2.75, 3.05) is 0 Å². The van der Waals surface area contributed by atoms with E-state index in [1.54, 1.807) is 6.20 Å². The number of rotatable bonds is 2. The van der Waals surface area contributed by atoms with Crippen LogP contribution in [0.1, 0.15) is 0 Å². The van der Waals surface area contributed by atoms with Gasteiger partial charge < -0.3 is 9.97 Å². The van der Waals surface area contributed by atoms with Gasteiger partial charge in [0.05, 0.1) is 0 Å². The summed E-state index contributed by atoms with van der Waals surface area (Å²) in [5.41, 5.74) is 9.06. The number of benzene rings is 4. The first kappa shape index (κ1) is 25.8. The average Bonchev–Trinajstić information content (AvgIpc) is 3.13. The van der Waals surface area contributed by atoms with Crippen LogP contribution >= 0.6 is 11.8 Å². The van der Waals surface area contributed by atoms with Crippen LogP contribution in [0.3, 0.4) is 0 Å². The van der Waals surface area contributed by atoms with E-state index in [2.05, 4.69) is 82.8 Å². The molecule has 6 aromatic rings. The quantitative estimate of drug-likeness (QED) is 0.171. The third-order valence-corrected chi connectivity index (χ3v) is 7.25. The van der Waals surface area contributed by atoms with Gasteiger partial charge >= 0.3 is 0 Å². The Kier molecular flexibility index (Phi) is 8.25. The smallest absolute Gasteiger partial charge is 0.0184 e. The number of nitrogens with zero attached hydrogens (tertiary/aromatic N) is 2. The Balaban J connectivity index is 0.000000191. The summed E-state index contributed by atoms with van der Waals surface area (Å²) >= 11 is 1.82. The average molecular weight is 683 g/mol. The van der Waals surface area contributed by atoms with E-state index in [1.807, 2.05) is 78.6 Å². The first-order chi connectivity index (χ1) is 18.4. The number of hydrogen-bond donors (Lipinski definition) is 0. The molecule has 0 amide bonds. The predicted octanol–water partition coefficient (Wildman–Crippen LogP) is 8.89. The third kappa shape index (κ3) is 5.53. The molecule has 4 aromatic carbocycles. The molecule has 0 fully saturated rings. The third-order valence-electron chi connectivity index (χ3n) is 6.12. The van der Waals surface area contributed by atoms with Crippen LogP contribution in [-0.4, -0.2) is 9.97 Å². The molecule has 0 atom stereocenters. The zero-order chi connectivity index (χ0) is 24.9. The van der Waals surface area contributed by atoms with Crippen molar-refractivity contribution in [3.05, 3.63) is 146 Å². The molecule has 1 radical (unpaired) electrons. The summed E-state index contributed by atoms with van der Waals surface area (Å²) in [6, 6.07) is 47.8. The molecule has 185 valence electrons. The Morgan fingerprint density at radius 2 is 1.11 bits per heavy atom. The molecule has 0 saturated heterocycles. The number of pyridine rings is 2. The first-order valence-electron chi connectivity index (χ1n) is 12.1. The maximum atomic E-state index is 4.47. The second kappa shape index (κ2) is 12.1. The Labute approximate surface area is 241 Å². The largest absolute Gasteiger partial charge is 0.305 e. The minimum absolute atomic E-state index is 0. The molecule has 2 aromatic heterocycles. The van der Waals surface area contributed by atoms with E-state index in [0.717, 1.165) is 22.5 Å². The molecular formula is C34H22IrN2S-2. The van der Waals surface area contributed by atoms with Gasteiger partial charge in [0.25, 0.3) is 0 Å². The van der Waals surface area contributed by atoms with Gasteiger partial charge in [0.2, 0.25) is 0 Å². The van der Waals surface area contributed by atoms with E-state index in [4.69, 9.17) is 0 Å². The van der Waals surface area contributed by atoms with Gasteiger partial charge in [0.1, 0.15) is 0 Å². The normalized spacial score (nSPS) is 10.8. The van der Waals surface area contributed by atoms with Crippen molar-refractivity contribution in [2.24, 2.45) is 0 Å². The summed E-state index contributed by atoms with van der Waals surface area (Å²) in [6.45, 7) is 0. The summed E-state index contributed by atoms with van der Waals surface area (Å²) in [5.74, 6) is 0. The molecule has 1 aliphatic heterocycles. The standard InChI is InChI=1S/C23H14NS.C11H8N.Ir/c1-2-8-18-17(7-1)19-9-3-4-11-22(19)25-23-15-16(12-13-20(18)23)21-10-5-6-14-24-21;1-2-6-10(7-3-1)11-8-4-5-9-12-11;/h1-11,13-15H;1-6,8-9H;/q2*-1;. The number of fused-ring (bicyclic) bond motifs is 5. The molecule has 0 N–H and O–H groups in total. The van der Waals surface area contributed by atoms with Crippen LogP contribution < -0.4 is 0 Å². The Bertz CT molecular complexity index is 1600. The van der Waals surface area contributed by atoms with E-state index >= 15 is 0 Å². The van der Waals surface area contributed by atoms with Crippen molar-refractivity contribution >= 4 is 11.8 Å². The van der Waals surface area contributed by atoms with Crippen LogP contribution in [0.2, 0.25) is 0 Å². The molecule has 0 bridgehead atoms. The molecule has 0 spiro atoms. The summed E-state index contributed by atoms with van der Waals surface area (Å²) in [7, 11) is 0. The molecule has 0 saturated carbocycles. The predicted molar refractivity (Wildman–Crippen MR) is 152 cm³/mol. The van der Waals surface area contributed by atoms with Crippen LogP contribution in [0, 0.1) is 12.1 Å². The SMILES string of the molecule is [Ir].[c-]1cc2c(cc1-c1ccccn1)Sc1ccccc1-c1ccccc1-2.[c-]1ccccc1-c1ccccn1. The van der Waals surface area contributed by atoms with Crippen molar-refractivity contribution in [2.45, 2.75) is 9.79 Å². The zero-order valence-corrected chi connectivity index (χ0v) is 23.5. The molecule has 1 aliphatic rings. The number of aromatic nitrogens is 2. The Hall–Kier alpha value is -3.82. The fraction of sp³-hybridized carbons (Fsp3) is 0. The van der Waals surface area contributed by atoms with Crippen molar-refractivity contribution in [1.82, 2.24) is 9.97 Å². The van der Waals surface area contributed by atoms with E-state index < -0.39 is 0 Å². The van der Waals surface area contributed by atoms with Gasteiger partial charge in [-0.05, 0) is 40.7 Å². The van der Waals surface area contributed by atoms with Gasteiger partial charge in [-0.2, -0.15) is 0 Å². The second-order valence-corrected chi connectivity index (χ2v) is 9.56. The topological polar surface area (TPSA) is 25.8 Å². The molecule has 4 heteroatoms. The van der Waals surface area contributed by atoms with E-state index in [9.17, 15) is 0 Å². The summed E-state index contributed by atoms with van der Waals surface area (Å²) < 4.78 is 0. The van der Waals surface area contributed by atoms with Crippen molar-refractivity contribution in [3.63, 3.8) is 0 Å². The maximum absolute atomic E-state index is 4.47. The van der Waals surface area contributed by atoms with Gasteiger partial charge in [-0.25, -0.2) is 0 Å². The van der Waals surface area contributed by atoms with Crippen LogP contribution in [-0.2, 0) is 20.1 Å². The van der Waals surface area contributed by atoms with Crippen molar-refractivity contribution in [1.29, 1.82) is 0 Å². The number of hydrogen-bond acceptors (Lipinski definition) is 3. The maximum Gasteiger partial charge on any atom is 0.0184 e. The first-order valence-corrected chi connectivity index (χ1v) is 12.9. The fourth-order valence-corrected chi connectivity index (χ4v) is 5.49. The molecule has 38 heavy (non-hydrogen) atoms. The fourth-order valence-electron chi connectivity index (χ4n) is 4.36. The van der Waals surface area contributed by atoms with E-state index in [-0.39, 0.29) is 20.1 Å². The summed E-state index contributed by atoms with van der Waals surface area (Å²) in [5, 5.41) is 0. The van der Waals surface area contributed by atoms with E-state index in [1.165, 1.54) is 32.0 Å². The van der Waals surface area contributed by atoms with Gasteiger partial charge in [0.15, 0.2) is 0 Å². The van der Waals surface area contributed by atoms with Crippen molar-refractivity contribution in [3.8, 4) is 44.8 Å². The second-order valence-electron chi connectivity index (χ2n) is 8.47. The van der Waals surface area contributed by atoms with Crippen LogP contribution in [0.25, 0.3) is 44.8 Å². The van der Waals surface area contributed by atoms with Gasteiger partial charge in [0, 0.05) is 37.4 Å². The molecular weight excluding hydrogens is 661 g/mol. The molecule has 0 unspecified atom stereocenters. The van der Waals surface area contributed by atoms with E-state index in [0.29, 0.717) is 0 Å². The monoisotopic (exact) mass is 683 g/mol. The Morgan fingerprint density at radius 1 is 0.500 bits per heavy atom. The molecule has 0 aliphatic carbocycles. The minimum atomic E-state index is 0. The molecule has 2 nitrogen and oxygen atoms in total. The van der Waals surface area contributed by atoms with Crippen LogP contribution in [0.4, 0.5) is 0 Å². The van der Waals surface area contributed by atoms with Crippen LogP contribution in [0.15, 0.2) is 144 Å². The zero-order valence-electron chi connectivity index (χ0n) is 20.3. The Morgan fingerprint density at radius 3 is 1.76 bits per heavy atom. The molecule has 7 rings (SSSR count).